The van der Waals surface area contributed by atoms with Gasteiger partial charge in [0.2, 0.25) is 0 Å². The lowest BCUT2D eigenvalue weighted by Gasteiger charge is -2.27. The molecule has 0 amide bonds. The second-order valence-corrected chi connectivity index (χ2v) is 8.45. The highest BCUT2D eigenvalue weighted by Gasteiger charge is 2.30. The van der Waals surface area contributed by atoms with Crippen molar-refractivity contribution in [2.45, 2.75) is 38.5 Å². The van der Waals surface area contributed by atoms with Gasteiger partial charge in [-0.15, -0.1) is 0 Å². The van der Waals surface area contributed by atoms with Crippen LogP contribution in [0.5, 0.6) is 0 Å². The van der Waals surface area contributed by atoms with Gasteiger partial charge in [0.25, 0.3) is 0 Å². The Morgan fingerprint density at radius 3 is 1.67 bits per heavy atom. The molecule has 0 atom stereocenters. The molecule has 4 rings (SSSR count). The zero-order chi connectivity index (χ0) is 24.0. The number of rotatable bonds is 3. The maximum absolute atomic E-state index is 14.9. The first-order chi connectivity index (χ1) is 15.6. The molecule has 0 spiro atoms. The fraction of sp³-hybridized carbons (Fsp3) is 0.280. The molecule has 0 radical (unpaired) electrons. The fourth-order valence-corrected chi connectivity index (χ4v) is 4.42. The van der Waals surface area contributed by atoms with Crippen LogP contribution >= 0.6 is 0 Å². The number of benzene rings is 3. The van der Waals surface area contributed by atoms with Gasteiger partial charge >= 0.3 is 0 Å². The highest BCUT2D eigenvalue weighted by Crippen LogP contribution is 2.41. The van der Waals surface area contributed by atoms with Gasteiger partial charge in [-0.25, -0.2) is 35.1 Å². The van der Waals surface area contributed by atoms with E-state index in [1.807, 2.05) is 6.92 Å². The van der Waals surface area contributed by atoms with Gasteiger partial charge < -0.3 is 0 Å². The molecule has 1 saturated carbocycles. The third-order valence-corrected chi connectivity index (χ3v) is 6.29. The van der Waals surface area contributed by atoms with E-state index in [-0.39, 0.29) is 0 Å². The Morgan fingerprint density at radius 1 is 0.545 bits per heavy atom. The molecule has 0 nitrogen and oxygen atoms in total. The van der Waals surface area contributed by atoms with E-state index in [0.717, 1.165) is 25.0 Å². The topological polar surface area (TPSA) is 0 Å². The average Bonchev–Trinajstić information content (AvgIpc) is 2.77. The third-order valence-electron chi connectivity index (χ3n) is 6.29. The molecular formula is C25H18F8. The molecule has 0 saturated heterocycles. The zero-order valence-electron chi connectivity index (χ0n) is 17.4. The molecule has 174 valence electrons. The minimum atomic E-state index is -1.78. The summed E-state index contributed by atoms with van der Waals surface area (Å²) in [6, 6.07) is 3.27. The minimum Gasteiger partial charge on any atom is -0.207 e. The monoisotopic (exact) mass is 470 g/mol. The Hall–Kier alpha value is -2.90. The molecule has 0 heterocycles. The van der Waals surface area contributed by atoms with Crippen molar-refractivity contribution in [1.29, 1.82) is 0 Å². The van der Waals surface area contributed by atoms with Crippen molar-refractivity contribution in [2.75, 3.05) is 0 Å². The van der Waals surface area contributed by atoms with E-state index in [9.17, 15) is 35.1 Å². The lowest BCUT2D eigenvalue weighted by Crippen LogP contribution is -2.15. The maximum Gasteiger partial charge on any atom is 0.194 e. The summed E-state index contributed by atoms with van der Waals surface area (Å²) in [6.07, 6.45) is 2.43. The first kappa shape index (κ1) is 23.3. The molecule has 3 aromatic carbocycles. The maximum atomic E-state index is 14.9. The summed E-state index contributed by atoms with van der Waals surface area (Å²) in [4.78, 5) is 0. The molecular weight excluding hydrogens is 452 g/mol. The predicted octanol–water partition coefficient (Wildman–Crippen LogP) is 8.43. The van der Waals surface area contributed by atoms with Crippen molar-refractivity contribution in [3.8, 4) is 22.3 Å². The van der Waals surface area contributed by atoms with Gasteiger partial charge in [0.05, 0.1) is 0 Å². The Bertz CT molecular complexity index is 1200. The Balaban J connectivity index is 1.78. The van der Waals surface area contributed by atoms with Gasteiger partial charge in [-0.2, -0.15) is 0 Å². The second kappa shape index (κ2) is 8.80. The first-order valence-corrected chi connectivity index (χ1v) is 10.4. The number of halogens is 8. The molecule has 1 aliphatic rings. The molecule has 0 aromatic heterocycles. The van der Waals surface area contributed by atoms with E-state index < -0.39 is 80.3 Å². The molecule has 8 heteroatoms. The average molecular weight is 470 g/mol. The van der Waals surface area contributed by atoms with E-state index in [1.54, 1.807) is 0 Å². The van der Waals surface area contributed by atoms with Gasteiger partial charge in [0, 0.05) is 22.3 Å². The summed E-state index contributed by atoms with van der Waals surface area (Å²) in [5.74, 6) is -12.5. The number of hydrogen-bond acceptors (Lipinski definition) is 0. The first-order valence-electron chi connectivity index (χ1n) is 10.4. The second-order valence-electron chi connectivity index (χ2n) is 8.45. The molecule has 1 aliphatic carbocycles. The van der Waals surface area contributed by atoms with Crippen LogP contribution in [0.4, 0.5) is 35.1 Å². The SMILES string of the molecule is CC1CCC(c2c(F)cc(-c3ccc(-c4cc(F)c(F)c(F)c4)c(F)c3F)c(F)c2F)CC1. The van der Waals surface area contributed by atoms with Crippen LogP contribution in [0.15, 0.2) is 30.3 Å². The van der Waals surface area contributed by atoms with Crippen LogP contribution in [0.3, 0.4) is 0 Å². The van der Waals surface area contributed by atoms with Crippen molar-refractivity contribution in [3.05, 3.63) is 82.4 Å². The normalized spacial score (nSPS) is 18.6. The quantitative estimate of drug-likeness (QED) is 0.205. The summed E-state index contributed by atoms with van der Waals surface area (Å²) in [7, 11) is 0. The zero-order valence-corrected chi connectivity index (χ0v) is 17.4. The fourth-order valence-electron chi connectivity index (χ4n) is 4.42. The highest BCUT2D eigenvalue weighted by atomic mass is 19.2. The largest absolute Gasteiger partial charge is 0.207 e. The van der Waals surface area contributed by atoms with Crippen LogP contribution in [0.1, 0.15) is 44.1 Å². The molecule has 0 unspecified atom stereocenters. The van der Waals surface area contributed by atoms with Crippen LogP contribution in [-0.4, -0.2) is 0 Å². The molecule has 0 bridgehead atoms. The van der Waals surface area contributed by atoms with Crippen LogP contribution in [0.2, 0.25) is 0 Å². The van der Waals surface area contributed by atoms with Crippen LogP contribution < -0.4 is 0 Å². The smallest absolute Gasteiger partial charge is 0.194 e. The van der Waals surface area contributed by atoms with E-state index in [1.165, 1.54) is 0 Å². The number of hydrogen-bond donors (Lipinski definition) is 0. The summed E-state index contributed by atoms with van der Waals surface area (Å²) in [5, 5.41) is 0. The van der Waals surface area contributed by atoms with E-state index in [0.29, 0.717) is 37.0 Å². The molecule has 0 N–H and O–H groups in total. The van der Waals surface area contributed by atoms with Crippen molar-refractivity contribution in [2.24, 2.45) is 5.92 Å². The Morgan fingerprint density at radius 2 is 1.06 bits per heavy atom. The predicted molar refractivity (Wildman–Crippen MR) is 107 cm³/mol. The van der Waals surface area contributed by atoms with Crippen molar-refractivity contribution in [1.82, 2.24) is 0 Å². The van der Waals surface area contributed by atoms with Gasteiger partial charge in [0.15, 0.2) is 40.7 Å². The summed E-state index contributed by atoms with van der Waals surface area (Å²) in [5.41, 5.74) is -3.13. The molecule has 1 fully saturated rings. The van der Waals surface area contributed by atoms with E-state index in [4.69, 9.17) is 0 Å². The van der Waals surface area contributed by atoms with Crippen molar-refractivity contribution in [3.63, 3.8) is 0 Å². The third kappa shape index (κ3) is 4.11. The van der Waals surface area contributed by atoms with E-state index in [2.05, 4.69) is 0 Å². The van der Waals surface area contributed by atoms with Gasteiger partial charge in [-0.1, -0.05) is 31.9 Å². The van der Waals surface area contributed by atoms with Gasteiger partial charge in [-0.3, -0.25) is 0 Å². The lowest BCUT2D eigenvalue weighted by atomic mass is 9.78. The summed E-state index contributed by atoms with van der Waals surface area (Å²) in [6.45, 7) is 2.02. The summed E-state index contributed by atoms with van der Waals surface area (Å²) < 4.78 is 114. The van der Waals surface area contributed by atoms with Crippen LogP contribution in [-0.2, 0) is 0 Å². The summed E-state index contributed by atoms with van der Waals surface area (Å²) >= 11 is 0. The van der Waals surface area contributed by atoms with Crippen LogP contribution in [0.25, 0.3) is 22.3 Å². The van der Waals surface area contributed by atoms with Gasteiger partial charge in [0.1, 0.15) is 5.82 Å². The Kier molecular flexibility index (Phi) is 6.20. The molecule has 3 aromatic rings. The molecule has 33 heavy (non-hydrogen) atoms. The molecule has 0 aliphatic heterocycles. The minimum absolute atomic E-state index is 0.398. The van der Waals surface area contributed by atoms with E-state index >= 15 is 0 Å². The van der Waals surface area contributed by atoms with Crippen molar-refractivity contribution >= 4 is 0 Å². The standard InChI is InChI=1S/C25H18F8/c1-11-2-4-12(5-3-11)20-17(26)10-16(23(31)25(20)33)15-7-6-14(21(29)22(15)30)13-8-18(27)24(32)19(28)9-13/h6-12H,2-5H2,1H3. The van der Waals surface area contributed by atoms with Gasteiger partial charge in [-0.05, 0) is 48.4 Å². The lowest BCUT2D eigenvalue weighted by molar-refractivity contribution is 0.331. The van der Waals surface area contributed by atoms with Crippen LogP contribution in [0, 0.1) is 52.5 Å². The highest BCUT2D eigenvalue weighted by molar-refractivity contribution is 5.72. The van der Waals surface area contributed by atoms with Crippen molar-refractivity contribution < 1.29 is 35.1 Å². The Labute approximate surface area is 184 Å².